The number of hydrogen-bond acceptors (Lipinski definition) is 4. The Hall–Kier alpha value is -1.59. The van der Waals surface area contributed by atoms with Gasteiger partial charge in [-0.1, -0.05) is 12.1 Å². The van der Waals surface area contributed by atoms with Crippen LogP contribution in [0.5, 0.6) is 0 Å². The summed E-state index contributed by atoms with van der Waals surface area (Å²) in [7, 11) is 0. The maximum absolute atomic E-state index is 11.1. The average Bonchev–Trinajstić information content (AvgIpc) is 2.39. The van der Waals surface area contributed by atoms with Crippen LogP contribution in [0.3, 0.4) is 0 Å². The topological polar surface area (TPSA) is 92.6 Å². The lowest BCUT2D eigenvalue weighted by Gasteiger charge is -2.37. The van der Waals surface area contributed by atoms with Crippen LogP contribution in [0.4, 0.5) is 5.69 Å². The van der Waals surface area contributed by atoms with Gasteiger partial charge in [-0.05, 0) is 30.5 Å². The van der Waals surface area contributed by atoms with E-state index in [2.05, 4.69) is 4.90 Å². The normalized spacial score (nSPS) is 18.7. The summed E-state index contributed by atoms with van der Waals surface area (Å²) in [5.41, 5.74) is 12.6. The smallest absolute Gasteiger partial charge is 0.323 e. The van der Waals surface area contributed by atoms with Crippen molar-refractivity contribution < 1.29 is 9.90 Å². The lowest BCUT2D eigenvalue weighted by molar-refractivity contribution is -0.144. The van der Waals surface area contributed by atoms with Crippen LogP contribution in [0.2, 0.25) is 0 Å². The van der Waals surface area contributed by atoms with Crippen LogP contribution < -0.4 is 16.4 Å². The van der Waals surface area contributed by atoms with Crippen LogP contribution in [0.1, 0.15) is 18.4 Å². The second-order valence-corrected chi connectivity index (χ2v) is 4.82. The molecule has 0 aliphatic carbocycles. The minimum Gasteiger partial charge on any atom is -0.480 e. The van der Waals surface area contributed by atoms with E-state index in [1.165, 1.54) is 0 Å². The molecule has 1 aliphatic heterocycles. The van der Waals surface area contributed by atoms with Crippen LogP contribution >= 0.6 is 0 Å². The van der Waals surface area contributed by atoms with E-state index in [4.69, 9.17) is 16.6 Å². The van der Waals surface area contributed by atoms with Gasteiger partial charge in [0.05, 0.1) is 0 Å². The minimum atomic E-state index is -1.07. The lowest BCUT2D eigenvalue weighted by Crippen LogP contribution is -2.55. The summed E-state index contributed by atoms with van der Waals surface area (Å²) in [6.07, 6.45) is 0.935. The van der Waals surface area contributed by atoms with Gasteiger partial charge in [-0.3, -0.25) is 4.79 Å². The predicted molar refractivity (Wildman–Crippen MR) is 70.3 cm³/mol. The quantitative estimate of drug-likeness (QED) is 0.726. The second kappa shape index (κ2) is 4.96. The predicted octanol–water partition coefficient (Wildman–Crippen LogP) is 0.528. The molecule has 0 radical (unpaired) electrons. The number of carboxylic acid groups (broad SMARTS) is 1. The highest BCUT2D eigenvalue weighted by atomic mass is 16.4. The highest BCUT2D eigenvalue weighted by Gasteiger charge is 2.37. The summed E-state index contributed by atoms with van der Waals surface area (Å²) < 4.78 is 0. The van der Waals surface area contributed by atoms with Gasteiger partial charge in [0.15, 0.2) is 0 Å². The molecule has 0 amide bonds. The molecule has 5 nitrogen and oxygen atoms in total. The van der Waals surface area contributed by atoms with Crippen molar-refractivity contribution in [3.63, 3.8) is 0 Å². The van der Waals surface area contributed by atoms with Gasteiger partial charge in [0.2, 0.25) is 0 Å². The monoisotopic (exact) mass is 249 g/mol. The lowest BCUT2D eigenvalue weighted by atomic mass is 9.88. The van der Waals surface area contributed by atoms with Crippen molar-refractivity contribution in [2.45, 2.75) is 24.9 Å². The third-order valence-electron chi connectivity index (χ3n) is 3.59. The van der Waals surface area contributed by atoms with Gasteiger partial charge in [0, 0.05) is 25.3 Å². The van der Waals surface area contributed by atoms with Gasteiger partial charge in [0.1, 0.15) is 5.54 Å². The fourth-order valence-corrected chi connectivity index (χ4v) is 2.26. The zero-order chi connectivity index (χ0) is 13.2. The highest BCUT2D eigenvalue weighted by Crippen LogP contribution is 2.25. The molecular weight excluding hydrogens is 230 g/mol. The van der Waals surface area contributed by atoms with E-state index in [0.717, 1.165) is 11.3 Å². The number of nitrogens with zero attached hydrogens (tertiary/aromatic N) is 1. The molecule has 2 rings (SSSR count). The Labute approximate surface area is 106 Å². The molecule has 0 unspecified atom stereocenters. The molecular formula is C13H19N3O2. The Balaban J connectivity index is 2.07. The molecule has 1 aromatic carbocycles. The third kappa shape index (κ3) is 2.47. The third-order valence-corrected chi connectivity index (χ3v) is 3.59. The SMILES string of the molecule is NCc1cccc(N2CCC(N)(C(=O)O)CC2)c1. The van der Waals surface area contributed by atoms with Crippen molar-refractivity contribution in [2.24, 2.45) is 11.5 Å². The Bertz CT molecular complexity index is 440. The summed E-state index contributed by atoms with van der Waals surface area (Å²) in [6.45, 7) is 1.84. The largest absolute Gasteiger partial charge is 0.480 e. The summed E-state index contributed by atoms with van der Waals surface area (Å²) >= 11 is 0. The zero-order valence-electron chi connectivity index (χ0n) is 10.3. The van der Waals surface area contributed by atoms with Gasteiger partial charge in [-0.2, -0.15) is 0 Å². The summed E-state index contributed by atoms with van der Waals surface area (Å²) in [5.74, 6) is -0.905. The van der Waals surface area contributed by atoms with Crippen molar-refractivity contribution in [3.05, 3.63) is 29.8 Å². The summed E-state index contributed by atoms with van der Waals surface area (Å²) in [6, 6.07) is 8.02. The molecule has 5 N–H and O–H groups in total. The highest BCUT2D eigenvalue weighted by molar-refractivity contribution is 5.79. The first-order valence-electron chi connectivity index (χ1n) is 6.11. The van der Waals surface area contributed by atoms with Gasteiger partial charge in [-0.15, -0.1) is 0 Å². The van der Waals surface area contributed by atoms with Crippen molar-refractivity contribution in [1.29, 1.82) is 0 Å². The fourth-order valence-electron chi connectivity index (χ4n) is 2.26. The maximum atomic E-state index is 11.1. The molecule has 0 atom stereocenters. The Kier molecular flexibility index (Phi) is 3.54. The first-order chi connectivity index (χ1) is 8.55. The summed E-state index contributed by atoms with van der Waals surface area (Å²) in [4.78, 5) is 13.2. The van der Waals surface area contributed by atoms with Gasteiger partial charge < -0.3 is 21.5 Å². The molecule has 1 aromatic rings. The Morgan fingerprint density at radius 1 is 1.39 bits per heavy atom. The minimum absolute atomic E-state index is 0.467. The summed E-state index contributed by atoms with van der Waals surface area (Å²) in [5, 5.41) is 9.08. The van der Waals surface area contributed by atoms with Gasteiger partial charge in [0.25, 0.3) is 0 Å². The number of hydrogen-bond donors (Lipinski definition) is 3. The average molecular weight is 249 g/mol. The second-order valence-electron chi connectivity index (χ2n) is 4.82. The number of anilines is 1. The van der Waals surface area contributed by atoms with E-state index in [-0.39, 0.29) is 0 Å². The molecule has 0 aromatic heterocycles. The molecule has 1 aliphatic rings. The molecule has 1 fully saturated rings. The van der Waals surface area contributed by atoms with Crippen LogP contribution in [0.15, 0.2) is 24.3 Å². The van der Waals surface area contributed by atoms with E-state index in [0.29, 0.717) is 32.5 Å². The number of aliphatic carboxylic acids is 1. The van der Waals surface area contributed by atoms with E-state index >= 15 is 0 Å². The van der Waals surface area contributed by atoms with E-state index in [1.54, 1.807) is 0 Å². The van der Waals surface area contributed by atoms with Gasteiger partial charge >= 0.3 is 5.97 Å². The zero-order valence-corrected chi connectivity index (χ0v) is 10.3. The Morgan fingerprint density at radius 3 is 2.61 bits per heavy atom. The number of rotatable bonds is 3. The van der Waals surface area contributed by atoms with Crippen molar-refractivity contribution in [1.82, 2.24) is 0 Å². The van der Waals surface area contributed by atoms with Gasteiger partial charge in [-0.25, -0.2) is 0 Å². The van der Waals surface area contributed by atoms with Crippen molar-refractivity contribution >= 4 is 11.7 Å². The molecule has 0 saturated carbocycles. The standard InChI is InChI=1S/C13H19N3O2/c14-9-10-2-1-3-11(8-10)16-6-4-13(15,5-7-16)12(17)18/h1-3,8H,4-7,9,14-15H2,(H,17,18). The van der Waals surface area contributed by atoms with E-state index in [9.17, 15) is 4.79 Å². The first kappa shape index (κ1) is 12.9. The van der Waals surface area contributed by atoms with E-state index in [1.807, 2.05) is 24.3 Å². The van der Waals surface area contributed by atoms with Crippen LogP contribution in [-0.4, -0.2) is 29.7 Å². The molecule has 0 spiro atoms. The van der Waals surface area contributed by atoms with Crippen LogP contribution in [-0.2, 0) is 11.3 Å². The maximum Gasteiger partial charge on any atom is 0.323 e. The number of carbonyl (C=O) groups is 1. The number of benzene rings is 1. The molecule has 1 saturated heterocycles. The molecule has 5 heteroatoms. The van der Waals surface area contributed by atoms with Crippen molar-refractivity contribution in [2.75, 3.05) is 18.0 Å². The van der Waals surface area contributed by atoms with E-state index < -0.39 is 11.5 Å². The van der Waals surface area contributed by atoms with Crippen molar-refractivity contribution in [3.8, 4) is 0 Å². The van der Waals surface area contributed by atoms with Crippen LogP contribution in [0, 0.1) is 0 Å². The molecule has 1 heterocycles. The fraction of sp³-hybridized carbons (Fsp3) is 0.462. The number of carboxylic acids is 1. The first-order valence-corrected chi connectivity index (χ1v) is 6.11. The van der Waals surface area contributed by atoms with Crippen LogP contribution in [0.25, 0.3) is 0 Å². The number of nitrogens with two attached hydrogens (primary N) is 2. The molecule has 98 valence electrons. The Morgan fingerprint density at radius 2 is 2.06 bits per heavy atom. The molecule has 18 heavy (non-hydrogen) atoms. The number of piperidine rings is 1. The molecule has 0 bridgehead atoms.